The van der Waals surface area contributed by atoms with Crippen molar-refractivity contribution in [2.45, 2.75) is 49.1 Å². The van der Waals surface area contributed by atoms with Gasteiger partial charge in [0, 0.05) is 56.1 Å². The third kappa shape index (κ3) is 5.72. The smallest absolute Gasteiger partial charge is 0.375 e. The van der Waals surface area contributed by atoms with Gasteiger partial charge in [-0.15, -0.1) is 0 Å². The Morgan fingerprint density at radius 1 is 0.929 bits per heavy atom. The van der Waals surface area contributed by atoms with E-state index in [1.807, 2.05) is 0 Å². The molecule has 0 bridgehead atoms. The number of hydrogen-bond donors (Lipinski definition) is 1. The van der Waals surface area contributed by atoms with Crippen molar-refractivity contribution < 1.29 is 50.2 Å². The largest absolute Gasteiger partial charge is 0.430 e. The number of carbonyl (C=O) groups excluding carboxylic acids is 2. The summed E-state index contributed by atoms with van der Waals surface area (Å²) in [7, 11) is 1.41. The summed E-state index contributed by atoms with van der Waals surface area (Å²) in [5.74, 6) is -1.81. The SMILES string of the molecule is COCC(=O)N1CCC(C(=O)N2C[C@@H](c3ccc(C(O)(C(F)(F)F)C(F)(F)F)cc3)[C@@](C)(c3ccc(F)cc3)C2)CC1. The van der Waals surface area contributed by atoms with Crippen LogP contribution in [0.15, 0.2) is 48.5 Å². The number of methoxy groups -OCH3 is 1. The van der Waals surface area contributed by atoms with Crippen molar-refractivity contribution in [1.82, 2.24) is 9.80 Å². The van der Waals surface area contributed by atoms with E-state index in [2.05, 4.69) is 0 Å². The third-order valence-corrected chi connectivity index (χ3v) is 8.52. The average molecular weight is 605 g/mol. The van der Waals surface area contributed by atoms with Gasteiger partial charge < -0.3 is 19.6 Å². The molecule has 0 spiro atoms. The monoisotopic (exact) mass is 604 g/mol. The summed E-state index contributed by atoms with van der Waals surface area (Å²) in [5, 5.41) is 9.79. The molecule has 0 saturated carbocycles. The molecule has 13 heteroatoms. The first kappa shape index (κ1) is 31.7. The van der Waals surface area contributed by atoms with E-state index in [1.165, 1.54) is 31.4 Å². The van der Waals surface area contributed by atoms with Crippen LogP contribution in [0.3, 0.4) is 0 Å². The lowest BCUT2D eigenvalue weighted by atomic mass is 9.71. The highest BCUT2D eigenvalue weighted by Crippen LogP contribution is 2.51. The number of alkyl halides is 6. The van der Waals surface area contributed by atoms with Crippen molar-refractivity contribution in [3.05, 3.63) is 71.0 Å². The fraction of sp³-hybridized carbons (Fsp3) is 0.517. The van der Waals surface area contributed by atoms with Gasteiger partial charge in [-0.25, -0.2) is 4.39 Å². The number of amides is 2. The Hall–Kier alpha value is -3.19. The second kappa shape index (κ2) is 11.5. The number of carbonyl (C=O) groups is 2. The van der Waals surface area contributed by atoms with Gasteiger partial charge in [-0.2, -0.15) is 26.3 Å². The molecule has 2 saturated heterocycles. The Morgan fingerprint density at radius 2 is 1.48 bits per heavy atom. The highest BCUT2D eigenvalue weighted by Gasteiger charge is 2.71. The molecule has 230 valence electrons. The van der Waals surface area contributed by atoms with Gasteiger partial charge in [0.15, 0.2) is 0 Å². The highest BCUT2D eigenvalue weighted by atomic mass is 19.4. The first-order chi connectivity index (χ1) is 19.5. The maximum Gasteiger partial charge on any atom is 0.430 e. The van der Waals surface area contributed by atoms with Crippen molar-refractivity contribution >= 4 is 11.8 Å². The summed E-state index contributed by atoms with van der Waals surface area (Å²) in [6.07, 6.45) is -11.2. The van der Waals surface area contributed by atoms with Crippen LogP contribution in [0.25, 0.3) is 0 Å². The molecule has 4 rings (SSSR count). The zero-order valence-corrected chi connectivity index (χ0v) is 22.9. The van der Waals surface area contributed by atoms with Crippen molar-refractivity contribution in [2.24, 2.45) is 5.92 Å². The molecule has 0 radical (unpaired) electrons. The van der Waals surface area contributed by atoms with E-state index in [1.54, 1.807) is 16.7 Å². The van der Waals surface area contributed by atoms with E-state index in [0.29, 0.717) is 49.2 Å². The van der Waals surface area contributed by atoms with Gasteiger partial charge in [-0.3, -0.25) is 9.59 Å². The van der Waals surface area contributed by atoms with E-state index >= 15 is 0 Å². The van der Waals surface area contributed by atoms with Crippen molar-refractivity contribution in [2.75, 3.05) is 39.9 Å². The number of benzene rings is 2. The van der Waals surface area contributed by atoms with E-state index in [9.17, 15) is 45.4 Å². The summed E-state index contributed by atoms with van der Waals surface area (Å²) in [5.41, 5.74) is -6.32. The number of aliphatic hydroxyl groups is 1. The second-order valence-electron chi connectivity index (χ2n) is 11.1. The first-order valence-corrected chi connectivity index (χ1v) is 13.3. The van der Waals surface area contributed by atoms with Crippen LogP contribution >= 0.6 is 0 Å². The van der Waals surface area contributed by atoms with Crippen LogP contribution in [0.4, 0.5) is 30.7 Å². The van der Waals surface area contributed by atoms with Gasteiger partial charge >= 0.3 is 12.4 Å². The lowest BCUT2D eigenvalue weighted by Crippen LogP contribution is -2.53. The molecule has 0 unspecified atom stereocenters. The molecule has 2 aliphatic heterocycles. The fourth-order valence-electron chi connectivity index (χ4n) is 6.05. The summed E-state index contributed by atoms with van der Waals surface area (Å²) >= 11 is 0. The fourth-order valence-corrected chi connectivity index (χ4v) is 6.05. The Labute approximate surface area is 238 Å². The van der Waals surface area contributed by atoms with Gasteiger partial charge in [-0.1, -0.05) is 43.3 Å². The van der Waals surface area contributed by atoms with Crippen LogP contribution in [0, 0.1) is 11.7 Å². The van der Waals surface area contributed by atoms with Crippen LogP contribution in [0.5, 0.6) is 0 Å². The summed E-state index contributed by atoms with van der Waals surface area (Å²) < 4.78 is 99.1. The molecule has 6 nitrogen and oxygen atoms in total. The molecule has 2 aromatic rings. The minimum atomic E-state index is -6.02. The standard InChI is InChI=1S/C29H31F7N2O4/c1-26(20-7-9-22(30)10-8-20)17-38(25(40)19-11-13-37(14-12-19)24(39)16-42-2)15-23(26)18-3-5-21(6-4-18)27(41,28(31,32)33)29(34,35)36/h3-10,19,23,41H,11-17H2,1-2H3/t23-,26+/m0/s1. The molecular formula is C29H31F7N2O4. The van der Waals surface area contributed by atoms with E-state index in [4.69, 9.17) is 4.74 Å². The van der Waals surface area contributed by atoms with Crippen LogP contribution in [-0.4, -0.2) is 79.0 Å². The molecule has 2 heterocycles. The number of hydrogen-bond acceptors (Lipinski definition) is 4. The molecular weight excluding hydrogens is 573 g/mol. The lowest BCUT2D eigenvalue weighted by Gasteiger charge is -2.34. The topological polar surface area (TPSA) is 70.1 Å². The van der Waals surface area contributed by atoms with Gasteiger partial charge in [0.05, 0.1) is 0 Å². The number of ether oxygens (including phenoxy) is 1. The number of rotatable bonds is 6. The number of halogens is 7. The predicted octanol–water partition coefficient (Wildman–Crippen LogP) is 4.91. The second-order valence-corrected chi connectivity index (χ2v) is 11.1. The van der Waals surface area contributed by atoms with E-state index in [-0.39, 0.29) is 37.4 Å². The summed E-state index contributed by atoms with van der Waals surface area (Å²) in [4.78, 5) is 29.0. The molecule has 2 aromatic carbocycles. The third-order valence-electron chi connectivity index (χ3n) is 8.52. The molecule has 2 aliphatic rings. The molecule has 0 aromatic heterocycles. The van der Waals surface area contributed by atoms with Crippen LogP contribution in [0.1, 0.15) is 42.4 Å². The van der Waals surface area contributed by atoms with Gasteiger partial charge in [0.25, 0.3) is 5.60 Å². The Kier molecular flexibility index (Phi) is 8.67. The normalized spacial score (nSPS) is 22.5. The van der Waals surface area contributed by atoms with Gasteiger partial charge in [0.1, 0.15) is 12.4 Å². The Balaban J connectivity index is 1.63. The predicted molar refractivity (Wildman–Crippen MR) is 137 cm³/mol. The van der Waals surface area contributed by atoms with Crippen molar-refractivity contribution in [3.63, 3.8) is 0 Å². The minimum absolute atomic E-state index is 0.0649. The van der Waals surface area contributed by atoms with Crippen LogP contribution in [-0.2, 0) is 25.3 Å². The van der Waals surface area contributed by atoms with E-state index < -0.39 is 40.7 Å². The van der Waals surface area contributed by atoms with Crippen molar-refractivity contribution in [1.29, 1.82) is 0 Å². The first-order valence-electron chi connectivity index (χ1n) is 13.3. The maximum atomic E-state index is 13.7. The van der Waals surface area contributed by atoms with Crippen LogP contribution < -0.4 is 0 Å². The zero-order chi connectivity index (χ0) is 31.1. The summed E-state index contributed by atoms with van der Waals surface area (Å²) in [6, 6.07) is 8.94. The number of nitrogens with zero attached hydrogens (tertiary/aromatic N) is 2. The molecule has 2 amide bonds. The van der Waals surface area contributed by atoms with Gasteiger partial charge in [0.2, 0.25) is 11.8 Å². The molecule has 42 heavy (non-hydrogen) atoms. The Bertz CT molecular complexity index is 1260. The van der Waals surface area contributed by atoms with Crippen molar-refractivity contribution in [3.8, 4) is 0 Å². The highest BCUT2D eigenvalue weighted by molar-refractivity contribution is 5.81. The molecule has 1 N–H and O–H groups in total. The number of likely N-dealkylation sites (tertiary alicyclic amines) is 2. The lowest BCUT2D eigenvalue weighted by molar-refractivity contribution is -0.376. The molecule has 2 fully saturated rings. The average Bonchev–Trinajstić information content (AvgIpc) is 3.30. The Morgan fingerprint density at radius 3 is 1.98 bits per heavy atom. The summed E-state index contributed by atoms with van der Waals surface area (Å²) in [6.45, 7) is 2.76. The van der Waals surface area contributed by atoms with Crippen LogP contribution in [0.2, 0.25) is 0 Å². The molecule has 0 aliphatic carbocycles. The quantitative estimate of drug-likeness (QED) is 0.477. The zero-order valence-electron chi connectivity index (χ0n) is 22.9. The maximum absolute atomic E-state index is 13.7. The van der Waals surface area contributed by atoms with Gasteiger partial charge in [-0.05, 0) is 36.1 Å². The number of piperidine rings is 1. The minimum Gasteiger partial charge on any atom is -0.375 e. The molecule has 2 atom stereocenters. The van der Waals surface area contributed by atoms with E-state index in [0.717, 1.165) is 12.1 Å².